The molecule has 0 bridgehead atoms. The topological polar surface area (TPSA) is 68.3 Å². The number of nitrogens with zero attached hydrogens (tertiary/aromatic N) is 1. The predicted octanol–water partition coefficient (Wildman–Crippen LogP) is 3.12. The molecular formula is C13H21ClN2O3S2. The van der Waals surface area contributed by atoms with Gasteiger partial charge in [-0.3, -0.25) is 0 Å². The van der Waals surface area contributed by atoms with Crippen LogP contribution in [0, 0.1) is 6.92 Å². The fourth-order valence-corrected chi connectivity index (χ4v) is 5.77. The second-order valence-electron chi connectivity index (χ2n) is 5.39. The van der Waals surface area contributed by atoms with Gasteiger partial charge in [0.15, 0.2) is 8.68 Å². The van der Waals surface area contributed by atoms with Crippen molar-refractivity contribution in [1.82, 2.24) is 9.71 Å². The van der Waals surface area contributed by atoms with Crippen molar-refractivity contribution in [3.05, 3.63) is 10.2 Å². The summed E-state index contributed by atoms with van der Waals surface area (Å²) in [5.74, 6) is 0. The minimum absolute atomic E-state index is 0.107. The smallest absolute Gasteiger partial charge is 0.252 e. The van der Waals surface area contributed by atoms with E-state index in [0.29, 0.717) is 25.1 Å². The van der Waals surface area contributed by atoms with Crippen LogP contribution in [0.5, 0.6) is 0 Å². The van der Waals surface area contributed by atoms with Gasteiger partial charge in [0.05, 0.1) is 11.3 Å². The van der Waals surface area contributed by atoms with Crippen LogP contribution >= 0.6 is 22.9 Å². The maximum Gasteiger partial charge on any atom is 0.252 e. The molecule has 1 aliphatic heterocycles. The van der Waals surface area contributed by atoms with Crippen LogP contribution in [0.1, 0.15) is 45.2 Å². The Hall–Kier alpha value is -0.210. The van der Waals surface area contributed by atoms with Crippen molar-refractivity contribution in [2.24, 2.45) is 0 Å². The van der Waals surface area contributed by atoms with Crippen LogP contribution in [0.2, 0.25) is 4.47 Å². The molecule has 0 spiro atoms. The zero-order valence-electron chi connectivity index (χ0n) is 12.5. The molecule has 0 aromatic carbocycles. The zero-order valence-corrected chi connectivity index (χ0v) is 14.9. The van der Waals surface area contributed by atoms with Crippen molar-refractivity contribution >= 4 is 33.0 Å². The van der Waals surface area contributed by atoms with Crippen LogP contribution < -0.4 is 4.72 Å². The Labute approximate surface area is 135 Å². The predicted molar refractivity (Wildman–Crippen MR) is 84.5 cm³/mol. The molecule has 0 amide bonds. The molecule has 8 heteroatoms. The lowest BCUT2D eigenvalue weighted by Gasteiger charge is -2.40. The molecule has 1 aliphatic rings. The second-order valence-corrected chi connectivity index (χ2v) is 8.88. The summed E-state index contributed by atoms with van der Waals surface area (Å²) < 4.78 is 34.1. The maximum absolute atomic E-state index is 12.5. The van der Waals surface area contributed by atoms with E-state index in [-0.39, 0.29) is 20.3 Å². The highest BCUT2D eigenvalue weighted by Crippen LogP contribution is 2.33. The standard InChI is InChI=1S/C13H21ClN2O3S2/c1-4-13(5-2)8-10(6-7-19-13)16-21(17,18)11-9(3)15-12(14)20-11/h10,16H,4-8H2,1-3H3. The summed E-state index contributed by atoms with van der Waals surface area (Å²) in [4.78, 5) is 3.97. The molecule has 1 fully saturated rings. The van der Waals surface area contributed by atoms with E-state index < -0.39 is 10.0 Å². The monoisotopic (exact) mass is 352 g/mol. The molecule has 0 aliphatic carbocycles. The zero-order chi connectivity index (χ0) is 15.7. The van der Waals surface area contributed by atoms with E-state index in [9.17, 15) is 8.42 Å². The Balaban J connectivity index is 2.15. The van der Waals surface area contributed by atoms with E-state index in [0.717, 1.165) is 24.2 Å². The lowest BCUT2D eigenvalue weighted by Crippen LogP contribution is -2.48. The molecule has 1 aromatic rings. The van der Waals surface area contributed by atoms with Gasteiger partial charge >= 0.3 is 0 Å². The number of hydrogen-bond acceptors (Lipinski definition) is 5. The normalized spacial score (nSPS) is 22.4. The van der Waals surface area contributed by atoms with Crippen molar-refractivity contribution in [3.8, 4) is 0 Å². The Morgan fingerprint density at radius 1 is 1.48 bits per heavy atom. The molecule has 21 heavy (non-hydrogen) atoms. The van der Waals surface area contributed by atoms with E-state index in [4.69, 9.17) is 16.3 Å². The fraction of sp³-hybridized carbons (Fsp3) is 0.769. The van der Waals surface area contributed by atoms with Crippen LogP contribution in [0.3, 0.4) is 0 Å². The quantitative estimate of drug-likeness (QED) is 0.884. The molecule has 120 valence electrons. The molecule has 1 unspecified atom stereocenters. The number of hydrogen-bond donors (Lipinski definition) is 1. The minimum atomic E-state index is -3.57. The van der Waals surface area contributed by atoms with Crippen molar-refractivity contribution in [2.75, 3.05) is 6.61 Å². The average Bonchev–Trinajstić information content (AvgIpc) is 2.78. The molecule has 1 atom stereocenters. The first kappa shape index (κ1) is 17.1. The van der Waals surface area contributed by atoms with Gasteiger partial charge in [0.1, 0.15) is 0 Å². The number of aromatic nitrogens is 1. The number of ether oxygens (including phenoxy) is 1. The summed E-state index contributed by atoms with van der Waals surface area (Å²) in [5, 5.41) is 0. The average molecular weight is 353 g/mol. The highest BCUT2D eigenvalue weighted by atomic mass is 35.5. The Morgan fingerprint density at radius 2 is 2.14 bits per heavy atom. The van der Waals surface area contributed by atoms with Gasteiger partial charge in [-0.2, -0.15) is 0 Å². The van der Waals surface area contributed by atoms with E-state index in [1.54, 1.807) is 6.92 Å². The molecule has 1 saturated heterocycles. The van der Waals surface area contributed by atoms with E-state index >= 15 is 0 Å². The van der Waals surface area contributed by atoms with E-state index in [2.05, 4.69) is 23.6 Å². The maximum atomic E-state index is 12.5. The summed E-state index contributed by atoms with van der Waals surface area (Å²) in [6.07, 6.45) is 3.15. The summed E-state index contributed by atoms with van der Waals surface area (Å²) in [7, 11) is -3.57. The summed E-state index contributed by atoms with van der Waals surface area (Å²) in [6, 6.07) is -0.107. The van der Waals surface area contributed by atoms with E-state index in [1.807, 2.05) is 0 Å². The Morgan fingerprint density at radius 3 is 2.67 bits per heavy atom. The van der Waals surface area contributed by atoms with Gasteiger partial charge in [-0.1, -0.05) is 36.8 Å². The molecule has 1 aromatic heterocycles. The van der Waals surface area contributed by atoms with Gasteiger partial charge in [-0.15, -0.1) is 0 Å². The van der Waals surface area contributed by atoms with Crippen LogP contribution in [0.15, 0.2) is 4.21 Å². The van der Waals surface area contributed by atoms with Gasteiger partial charge in [0, 0.05) is 12.6 Å². The molecule has 0 radical (unpaired) electrons. The first-order chi connectivity index (χ1) is 9.82. The molecule has 2 rings (SSSR count). The first-order valence-corrected chi connectivity index (χ1v) is 9.79. The molecule has 0 saturated carbocycles. The number of rotatable bonds is 5. The number of sulfonamides is 1. The highest BCUT2D eigenvalue weighted by molar-refractivity contribution is 7.91. The second kappa shape index (κ2) is 6.50. The van der Waals surface area contributed by atoms with Crippen LogP contribution in [0.4, 0.5) is 0 Å². The van der Waals surface area contributed by atoms with Gasteiger partial charge in [-0.25, -0.2) is 18.1 Å². The number of aryl methyl sites for hydroxylation is 1. The van der Waals surface area contributed by atoms with E-state index in [1.165, 1.54) is 0 Å². The third kappa shape index (κ3) is 3.76. The summed E-state index contributed by atoms with van der Waals surface area (Å²) in [5.41, 5.74) is 0.230. The molecule has 1 N–H and O–H groups in total. The SMILES string of the molecule is CCC1(CC)CC(NS(=O)(=O)c2sc(Cl)nc2C)CCO1. The third-order valence-electron chi connectivity index (χ3n) is 4.08. The number of halogens is 1. The summed E-state index contributed by atoms with van der Waals surface area (Å²) in [6.45, 7) is 6.39. The number of thiazole rings is 1. The van der Waals surface area contributed by atoms with Crippen molar-refractivity contribution < 1.29 is 13.2 Å². The van der Waals surface area contributed by atoms with Crippen LogP contribution in [-0.4, -0.2) is 31.7 Å². The minimum Gasteiger partial charge on any atom is -0.375 e. The summed E-state index contributed by atoms with van der Waals surface area (Å²) >= 11 is 6.79. The largest absolute Gasteiger partial charge is 0.375 e. The third-order valence-corrected chi connectivity index (χ3v) is 7.47. The molecule has 2 heterocycles. The van der Waals surface area contributed by atoms with Crippen LogP contribution in [0.25, 0.3) is 0 Å². The van der Waals surface area contributed by atoms with Crippen molar-refractivity contribution in [3.63, 3.8) is 0 Å². The van der Waals surface area contributed by atoms with Gasteiger partial charge in [-0.05, 0) is 32.6 Å². The highest BCUT2D eigenvalue weighted by Gasteiger charge is 2.36. The van der Waals surface area contributed by atoms with Crippen molar-refractivity contribution in [1.29, 1.82) is 0 Å². The fourth-order valence-electron chi connectivity index (χ4n) is 2.74. The van der Waals surface area contributed by atoms with Crippen LogP contribution in [-0.2, 0) is 14.8 Å². The van der Waals surface area contributed by atoms with Gasteiger partial charge in [0.25, 0.3) is 10.0 Å². The number of nitrogens with one attached hydrogen (secondary N) is 1. The molecular weight excluding hydrogens is 332 g/mol. The van der Waals surface area contributed by atoms with Gasteiger partial charge in [0.2, 0.25) is 0 Å². The Bertz CT molecular complexity index is 597. The molecule has 5 nitrogen and oxygen atoms in total. The van der Waals surface area contributed by atoms with Gasteiger partial charge < -0.3 is 4.74 Å². The first-order valence-electron chi connectivity index (χ1n) is 7.11. The Kier molecular flexibility index (Phi) is 5.31. The lowest BCUT2D eigenvalue weighted by atomic mass is 9.86. The van der Waals surface area contributed by atoms with Crippen molar-refractivity contribution in [2.45, 2.75) is 62.3 Å². The lowest BCUT2D eigenvalue weighted by molar-refractivity contribution is -0.0905.